The van der Waals surface area contributed by atoms with Gasteiger partial charge in [0.05, 0.1) is 5.92 Å². The number of carboxylic acid groups (broad SMARTS) is 1. The first-order valence-electron chi connectivity index (χ1n) is 4.82. The highest BCUT2D eigenvalue weighted by atomic mass is 35.5. The Morgan fingerprint density at radius 1 is 1.47 bits per heavy atom. The SMILES string of the molecule is O=C(O)C1CCC1Sc1cccc(Cl)c1. The molecule has 80 valence electrons. The summed E-state index contributed by atoms with van der Waals surface area (Å²) in [5.41, 5.74) is 0. The zero-order chi connectivity index (χ0) is 10.8. The number of hydrogen-bond acceptors (Lipinski definition) is 2. The molecule has 0 radical (unpaired) electrons. The van der Waals surface area contributed by atoms with Crippen molar-refractivity contribution in [2.24, 2.45) is 5.92 Å². The molecule has 1 aromatic carbocycles. The van der Waals surface area contributed by atoms with Crippen molar-refractivity contribution in [3.05, 3.63) is 29.3 Å². The molecule has 1 fully saturated rings. The Balaban J connectivity index is 2.00. The molecule has 0 spiro atoms. The maximum atomic E-state index is 10.8. The molecule has 1 N–H and O–H groups in total. The lowest BCUT2D eigenvalue weighted by Gasteiger charge is -2.32. The lowest BCUT2D eigenvalue weighted by Crippen LogP contribution is -2.35. The third-order valence-corrected chi connectivity index (χ3v) is 4.24. The zero-order valence-corrected chi connectivity index (χ0v) is 9.59. The number of halogens is 1. The molecule has 0 amide bonds. The predicted molar refractivity (Wildman–Crippen MR) is 61.5 cm³/mol. The lowest BCUT2D eigenvalue weighted by molar-refractivity contribution is -0.144. The maximum absolute atomic E-state index is 10.8. The fourth-order valence-corrected chi connectivity index (χ4v) is 3.24. The highest BCUT2D eigenvalue weighted by Gasteiger charge is 2.37. The molecule has 2 rings (SSSR count). The van der Waals surface area contributed by atoms with Gasteiger partial charge in [0.15, 0.2) is 0 Å². The van der Waals surface area contributed by atoms with E-state index in [1.807, 2.05) is 24.3 Å². The summed E-state index contributed by atoms with van der Waals surface area (Å²) in [4.78, 5) is 11.9. The zero-order valence-electron chi connectivity index (χ0n) is 8.02. The Morgan fingerprint density at radius 2 is 2.27 bits per heavy atom. The van der Waals surface area contributed by atoms with E-state index >= 15 is 0 Å². The number of carbonyl (C=O) groups is 1. The van der Waals surface area contributed by atoms with Crippen LogP contribution in [-0.2, 0) is 4.79 Å². The highest BCUT2D eigenvalue weighted by Crippen LogP contribution is 2.41. The van der Waals surface area contributed by atoms with Gasteiger partial charge >= 0.3 is 5.97 Å². The van der Waals surface area contributed by atoms with Crippen LogP contribution >= 0.6 is 23.4 Å². The van der Waals surface area contributed by atoms with Crippen molar-refractivity contribution in [2.75, 3.05) is 0 Å². The Kier molecular flexibility index (Phi) is 3.22. The second-order valence-electron chi connectivity index (χ2n) is 3.64. The van der Waals surface area contributed by atoms with E-state index in [4.69, 9.17) is 16.7 Å². The molecular weight excluding hydrogens is 232 g/mol. The summed E-state index contributed by atoms with van der Waals surface area (Å²) >= 11 is 7.47. The molecule has 1 aromatic rings. The van der Waals surface area contributed by atoms with Crippen LogP contribution in [0.5, 0.6) is 0 Å². The molecule has 4 heteroatoms. The number of hydrogen-bond donors (Lipinski definition) is 1. The first-order chi connectivity index (χ1) is 7.16. The minimum atomic E-state index is -0.680. The molecule has 1 aliphatic carbocycles. The Hall–Kier alpha value is -0.670. The van der Waals surface area contributed by atoms with Crippen molar-refractivity contribution in [3.8, 4) is 0 Å². The van der Waals surface area contributed by atoms with Gasteiger partial charge in [0.1, 0.15) is 0 Å². The van der Waals surface area contributed by atoms with Crippen LogP contribution in [0.3, 0.4) is 0 Å². The quantitative estimate of drug-likeness (QED) is 0.884. The van der Waals surface area contributed by atoms with E-state index in [1.165, 1.54) is 0 Å². The molecule has 0 saturated heterocycles. The molecule has 1 aliphatic rings. The van der Waals surface area contributed by atoms with Crippen molar-refractivity contribution in [1.82, 2.24) is 0 Å². The fraction of sp³-hybridized carbons (Fsp3) is 0.364. The van der Waals surface area contributed by atoms with Crippen LogP contribution in [0.2, 0.25) is 5.02 Å². The molecule has 0 aliphatic heterocycles. The first kappa shape index (κ1) is 10.8. The van der Waals surface area contributed by atoms with Crippen molar-refractivity contribution >= 4 is 29.3 Å². The van der Waals surface area contributed by atoms with Crippen LogP contribution in [0.15, 0.2) is 29.2 Å². The van der Waals surface area contributed by atoms with E-state index in [-0.39, 0.29) is 11.2 Å². The Morgan fingerprint density at radius 3 is 2.80 bits per heavy atom. The van der Waals surface area contributed by atoms with Crippen LogP contribution in [-0.4, -0.2) is 16.3 Å². The van der Waals surface area contributed by atoms with Gasteiger partial charge in [-0.25, -0.2) is 0 Å². The molecule has 2 nitrogen and oxygen atoms in total. The standard InChI is InChI=1S/C11H11ClO2S/c12-7-2-1-3-8(6-7)15-10-5-4-9(10)11(13)14/h1-3,6,9-10H,4-5H2,(H,13,14). The van der Waals surface area contributed by atoms with Gasteiger partial charge in [-0.05, 0) is 31.0 Å². The average Bonchev–Trinajstić information content (AvgIpc) is 2.11. The van der Waals surface area contributed by atoms with Gasteiger partial charge in [-0.15, -0.1) is 11.8 Å². The van der Waals surface area contributed by atoms with E-state index in [9.17, 15) is 4.79 Å². The smallest absolute Gasteiger partial charge is 0.307 e. The van der Waals surface area contributed by atoms with E-state index in [2.05, 4.69) is 0 Å². The van der Waals surface area contributed by atoms with Crippen LogP contribution < -0.4 is 0 Å². The van der Waals surface area contributed by atoms with Crippen LogP contribution in [0.4, 0.5) is 0 Å². The van der Waals surface area contributed by atoms with Crippen LogP contribution in [0, 0.1) is 5.92 Å². The Labute approximate surface area is 97.6 Å². The molecule has 2 unspecified atom stereocenters. The molecule has 0 heterocycles. The maximum Gasteiger partial charge on any atom is 0.307 e. The lowest BCUT2D eigenvalue weighted by atomic mass is 9.85. The summed E-state index contributed by atoms with van der Waals surface area (Å²) in [6.45, 7) is 0. The second kappa shape index (κ2) is 4.45. The number of aliphatic carboxylic acids is 1. The van der Waals surface area contributed by atoms with E-state index in [1.54, 1.807) is 11.8 Å². The van der Waals surface area contributed by atoms with Crippen molar-refractivity contribution in [3.63, 3.8) is 0 Å². The average molecular weight is 243 g/mol. The summed E-state index contributed by atoms with van der Waals surface area (Å²) in [7, 11) is 0. The van der Waals surface area contributed by atoms with Gasteiger partial charge in [0.2, 0.25) is 0 Å². The molecular formula is C11H11ClO2S. The van der Waals surface area contributed by atoms with E-state index in [0.717, 1.165) is 17.7 Å². The van der Waals surface area contributed by atoms with E-state index in [0.29, 0.717) is 5.02 Å². The fourth-order valence-electron chi connectivity index (χ4n) is 1.61. The number of thioether (sulfide) groups is 1. The van der Waals surface area contributed by atoms with E-state index < -0.39 is 5.97 Å². The topological polar surface area (TPSA) is 37.3 Å². The molecule has 0 bridgehead atoms. The van der Waals surface area contributed by atoms with Gasteiger partial charge < -0.3 is 5.11 Å². The minimum Gasteiger partial charge on any atom is -0.481 e. The van der Waals surface area contributed by atoms with Gasteiger partial charge in [-0.2, -0.15) is 0 Å². The monoisotopic (exact) mass is 242 g/mol. The third-order valence-electron chi connectivity index (χ3n) is 2.61. The van der Waals surface area contributed by atoms with Crippen molar-refractivity contribution in [2.45, 2.75) is 23.0 Å². The van der Waals surface area contributed by atoms with Gasteiger partial charge in [0.25, 0.3) is 0 Å². The van der Waals surface area contributed by atoms with Crippen LogP contribution in [0.25, 0.3) is 0 Å². The van der Waals surface area contributed by atoms with Crippen molar-refractivity contribution in [1.29, 1.82) is 0 Å². The number of carboxylic acids is 1. The summed E-state index contributed by atoms with van der Waals surface area (Å²) in [5, 5.41) is 9.81. The first-order valence-corrected chi connectivity index (χ1v) is 6.07. The third kappa shape index (κ3) is 2.47. The Bertz CT molecular complexity index is 381. The van der Waals surface area contributed by atoms with Gasteiger partial charge in [0, 0.05) is 15.2 Å². The second-order valence-corrected chi connectivity index (χ2v) is 5.38. The van der Waals surface area contributed by atoms with Gasteiger partial charge in [-0.3, -0.25) is 4.79 Å². The summed E-state index contributed by atoms with van der Waals surface area (Å²) in [6.07, 6.45) is 1.78. The normalized spacial score (nSPS) is 24.6. The number of rotatable bonds is 3. The summed E-state index contributed by atoms with van der Waals surface area (Å²) < 4.78 is 0. The minimum absolute atomic E-state index is 0.186. The predicted octanol–water partition coefficient (Wildman–Crippen LogP) is 3.30. The summed E-state index contributed by atoms with van der Waals surface area (Å²) in [6, 6.07) is 7.55. The molecule has 15 heavy (non-hydrogen) atoms. The summed E-state index contributed by atoms with van der Waals surface area (Å²) in [5.74, 6) is -0.866. The molecule has 2 atom stereocenters. The van der Waals surface area contributed by atoms with Crippen molar-refractivity contribution < 1.29 is 9.90 Å². The molecule has 0 aromatic heterocycles. The number of benzene rings is 1. The van der Waals surface area contributed by atoms with Crippen LogP contribution in [0.1, 0.15) is 12.8 Å². The molecule has 1 saturated carbocycles. The largest absolute Gasteiger partial charge is 0.481 e. The van der Waals surface area contributed by atoms with Gasteiger partial charge in [-0.1, -0.05) is 17.7 Å². The highest BCUT2D eigenvalue weighted by molar-refractivity contribution is 8.00.